The second-order valence-corrected chi connectivity index (χ2v) is 7.80. The Kier molecular flexibility index (Phi) is 6.04. The van der Waals surface area contributed by atoms with E-state index < -0.39 is 0 Å². The third kappa shape index (κ3) is 4.80. The summed E-state index contributed by atoms with van der Waals surface area (Å²) in [4.78, 5) is 16.4. The maximum atomic E-state index is 12.1. The lowest BCUT2D eigenvalue weighted by molar-refractivity contribution is -0.115. The van der Waals surface area contributed by atoms with E-state index in [2.05, 4.69) is 33.2 Å². The highest BCUT2D eigenvalue weighted by Crippen LogP contribution is 2.30. The summed E-state index contributed by atoms with van der Waals surface area (Å²) in [5, 5.41) is 3.49. The van der Waals surface area contributed by atoms with E-state index in [1.165, 1.54) is 11.3 Å². The molecule has 25 heavy (non-hydrogen) atoms. The maximum Gasteiger partial charge on any atom is 0.239 e. The molecule has 1 atom stereocenters. The number of rotatable bonds is 7. The standard InChI is InChI=1S/C19H19BrN2O2S/c1-2-6-15(20)18(23)22-19-21-16-10-9-14(11-17(16)25-19)24-12-13-7-4-3-5-8-13/h3-5,7-11,15H,2,6,12H2,1H3,(H,21,22,23)/t15-/m1/s1. The lowest BCUT2D eigenvalue weighted by Crippen LogP contribution is -2.22. The third-order valence-corrected chi connectivity index (χ3v) is 5.47. The zero-order valence-corrected chi connectivity index (χ0v) is 16.3. The molecule has 0 aliphatic heterocycles. The lowest BCUT2D eigenvalue weighted by Gasteiger charge is -2.06. The van der Waals surface area contributed by atoms with E-state index >= 15 is 0 Å². The van der Waals surface area contributed by atoms with Gasteiger partial charge in [-0.2, -0.15) is 0 Å². The topological polar surface area (TPSA) is 51.2 Å². The summed E-state index contributed by atoms with van der Waals surface area (Å²) in [6.45, 7) is 2.58. The molecule has 0 aliphatic rings. The van der Waals surface area contributed by atoms with Crippen molar-refractivity contribution in [3.63, 3.8) is 0 Å². The minimum absolute atomic E-state index is 0.0542. The van der Waals surface area contributed by atoms with Gasteiger partial charge in [-0.1, -0.05) is 70.9 Å². The Morgan fingerprint density at radius 1 is 1.28 bits per heavy atom. The van der Waals surface area contributed by atoms with Crippen molar-refractivity contribution in [2.24, 2.45) is 0 Å². The maximum absolute atomic E-state index is 12.1. The summed E-state index contributed by atoms with van der Waals surface area (Å²) in [5.74, 6) is 0.740. The van der Waals surface area contributed by atoms with E-state index in [9.17, 15) is 4.79 Å². The fourth-order valence-corrected chi connectivity index (χ4v) is 3.83. The minimum atomic E-state index is -0.186. The average molecular weight is 419 g/mol. The van der Waals surface area contributed by atoms with Gasteiger partial charge in [-0.3, -0.25) is 4.79 Å². The number of carbonyl (C=O) groups is 1. The highest BCUT2D eigenvalue weighted by Gasteiger charge is 2.15. The summed E-state index contributed by atoms with van der Waals surface area (Å²) in [6.07, 6.45) is 1.75. The number of hydrogen-bond donors (Lipinski definition) is 1. The van der Waals surface area contributed by atoms with Crippen LogP contribution in [0, 0.1) is 0 Å². The van der Waals surface area contributed by atoms with Gasteiger partial charge in [0, 0.05) is 0 Å². The van der Waals surface area contributed by atoms with Gasteiger partial charge in [0.15, 0.2) is 5.13 Å². The molecule has 1 N–H and O–H groups in total. The third-order valence-electron chi connectivity index (χ3n) is 3.66. The molecule has 3 aromatic rings. The molecule has 1 heterocycles. The number of hydrogen-bond acceptors (Lipinski definition) is 4. The first-order valence-electron chi connectivity index (χ1n) is 8.18. The smallest absolute Gasteiger partial charge is 0.239 e. The highest BCUT2D eigenvalue weighted by molar-refractivity contribution is 9.10. The Morgan fingerprint density at radius 2 is 2.08 bits per heavy atom. The van der Waals surface area contributed by atoms with E-state index in [1.54, 1.807) is 0 Å². The fourth-order valence-electron chi connectivity index (χ4n) is 2.36. The number of aromatic nitrogens is 1. The van der Waals surface area contributed by atoms with Crippen LogP contribution in [-0.4, -0.2) is 15.7 Å². The second-order valence-electron chi connectivity index (χ2n) is 5.67. The summed E-state index contributed by atoms with van der Waals surface area (Å²) >= 11 is 4.86. The molecule has 1 amide bonds. The Hall–Kier alpha value is -1.92. The number of anilines is 1. The van der Waals surface area contributed by atoms with E-state index in [4.69, 9.17) is 4.74 Å². The molecular formula is C19H19BrN2O2S. The van der Waals surface area contributed by atoms with Gasteiger partial charge in [-0.25, -0.2) is 4.98 Å². The van der Waals surface area contributed by atoms with Crippen molar-refractivity contribution < 1.29 is 9.53 Å². The number of benzene rings is 2. The molecule has 4 nitrogen and oxygen atoms in total. The number of nitrogens with zero attached hydrogens (tertiary/aromatic N) is 1. The summed E-state index contributed by atoms with van der Waals surface area (Å²) in [7, 11) is 0. The number of alkyl halides is 1. The molecule has 130 valence electrons. The van der Waals surface area contributed by atoms with Crippen LogP contribution < -0.4 is 10.1 Å². The Labute approximate surface area is 159 Å². The van der Waals surface area contributed by atoms with Crippen LogP contribution in [0.3, 0.4) is 0 Å². The lowest BCUT2D eigenvalue weighted by atomic mass is 10.2. The highest BCUT2D eigenvalue weighted by atomic mass is 79.9. The quantitative estimate of drug-likeness (QED) is 0.524. The molecule has 0 saturated heterocycles. The van der Waals surface area contributed by atoms with Gasteiger partial charge >= 0.3 is 0 Å². The van der Waals surface area contributed by atoms with Crippen LogP contribution in [0.2, 0.25) is 0 Å². The Bertz CT molecular complexity index is 851. The molecule has 2 aromatic carbocycles. The van der Waals surface area contributed by atoms with Crippen molar-refractivity contribution in [1.29, 1.82) is 0 Å². The van der Waals surface area contributed by atoms with Crippen molar-refractivity contribution in [2.45, 2.75) is 31.2 Å². The normalized spacial score (nSPS) is 12.1. The Balaban J connectivity index is 1.67. The number of fused-ring (bicyclic) bond motifs is 1. The van der Waals surface area contributed by atoms with Crippen LogP contribution in [0.1, 0.15) is 25.3 Å². The summed E-state index contributed by atoms with van der Waals surface area (Å²) < 4.78 is 6.83. The number of amides is 1. The molecular weight excluding hydrogens is 400 g/mol. The molecule has 3 rings (SSSR count). The van der Waals surface area contributed by atoms with E-state index in [0.29, 0.717) is 11.7 Å². The van der Waals surface area contributed by atoms with E-state index in [-0.39, 0.29) is 10.7 Å². The first-order chi connectivity index (χ1) is 12.2. The van der Waals surface area contributed by atoms with Crippen LogP contribution >= 0.6 is 27.3 Å². The van der Waals surface area contributed by atoms with Crippen molar-refractivity contribution in [3.8, 4) is 5.75 Å². The number of carbonyl (C=O) groups excluding carboxylic acids is 1. The molecule has 1 aromatic heterocycles. The molecule has 6 heteroatoms. The molecule has 0 fully saturated rings. The van der Waals surface area contributed by atoms with Gasteiger partial charge in [0.1, 0.15) is 12.4 Å². The zero-order valence-electron chi connectivity index (χ0n) is 13.9. The predicted molar refractivity (Wildman–Crippen MR) is 107 cm³/mol. The van der Waals surface area contributed by atoms with Crippen LogP contribution in [0.25, 0.3) is 10.2 Å². The Morgan fingerprint density at radius 3 is 2.84 bits per heavy atom. The van der Waals surface area contributed by atoms with Gasteiger partial charge in [-0.15, -0.1) is 0 Å². The molecule has 0 saturated carbocycles. The number of nitrogens with one attached hydrogen (secondary N) is 1. The van der Waals surface area contributed by atoms with Crippen molar-refractivity contribution in [1.82, 2.24) is 4.98 Å². The number of halogens is 1. The first kappa shape index (κ1) is 17.9. The van der Waals surface area contributed by atoms with Crippen LogP contribution in [-0.2, 0) is 11.4 Å². The van der Waals surface area contributed by atoms with Crippen LogP contribution in [0.5, 0.6) is 5.75 Å². The number of ether oxygens (including phenoxy) is 1. The van der Waals surface area contributed by atoms with Gasteiger partial charge < -0.3 is 10.1 Å². The van der Waals surface area contributed by atoms with Crippen LogP contribution in [0.15, 0.2) is 48.5 Å². The SMILES string of the molecule is CCC[C@@H](Br)C(=O)Nc1nc2ccc(OCc3ccccc3)cc2s1. The summed E-state index contributed by atoms with van der Waals surface area (Å²) in [5.41, 5.74) is 1.98. The first-order valence-corrected chi connectivity index (χ1v) is 9.91. The predicted octanol–water partition coefficient (Wildman–Crippen LogP) is 5.38. The van der Waals surface area contributed by atoms with Gasteiger partial charge in [0.05, 0.1) is 15.0 Å². The van der Waals surface area contributed by atoms with Crippen LogP contribution in [0.4, 0.5) is 5.13 Å². The summed E-state index contributed by atoms with van der Waals surface area (Å²) in [6, 6.07) is 15.8. The largest absolute Gasteiger partial charge is 0.489 e. The zero-order chi connectivity index (χ0) is 17.6. The van der Waals surface area contributed by atoms with E-state index in [0.717, 1.165) is 34.4 Å². The molecule has 0 unspecified atom stereocenters. The fraction of sp³-hybridized carbons (Fsp3) is 0.263. The van der Waals surface area contributed by atoms with Crippen molar-refractivity contribution in [2.75, 3.05) is 5.32 Å². The van der Waals surface area contributed by atoms with Gasteiger partial charge in [0.2, 0.25) is 5.91 Å². The second kappa shape index (κ2) is 8.45. The molecule has 0 radical (unpaired) electrons. The van der Waals surface area contributed by atoms with Crippen molar-refractivity contribution >= 4 is 48.5 Å². The monoisotopic (exact) mass is 418 g/mol. The van der Waals surface area contributed by atoms with Gasteiger partial charge in [-0.05, 0) is 30.2 Å². The average Bonchev–Trinajstić information content (AvgIpc) is 3.02. The van der Waals surface area contributed by atoms with Gasteiger partial charge in [0.25, 0.3) is 0 Å². The minimum Gasteiger partial charge on any atom is -0.489 e. The molecule has 0 aliphatic carbocycles. The van der Waals surface area contributed by atoms with E-state index in [1.807, 2.05) is 48.5 Å². The number of thiazole rings is 1. The molecule has 0 bridgehead atoms. The molecule has 0 spiro atoms. The van der Waals surface area contributed by atoms with Crippen molar-refractivity contribution in [3.05, 3.63) is 54.1 Å².